The largest absolute Gasteiger partial charge is 0.351 e. The molecule has 1 aromatic rings. The number of amides is 1. The maximum absolute atomic E-state index is 13.8. The van der Waals surface area contributed by atoms with Gasteiger partial charge in [-0.25, -0.2) is 4.68 Å². The van der Waals surface area contributed by atoms with Crippen molar-refractivity contribution in [3.8, 4) is 6.07 Å². The van der Waals surface area contributed by atoms with Crippen molar-refractivity contribution >= 4 is 66.8 Å². The average molecular weight is 827 g/mol. The van der Waals surface area contributed by atoms with Crippen LogP contribution in [-0.2, 0) is 25.0 Å². The second-order valence-electron chi connectivity index (χ2n) is 14.9. The first-order valence-corrected chi connectivity index (χ1v) is 22.8. The van der Waals surface area contributed by atoms with Crippen LogP contribution in [-0.4, -0.2) is 104 Å². The fourth-order valence-corrected chi connectivity index (χ4v) is 11.8. The number of carbonyl (C=O) groups is 1. The highest BCUT2D eigenvalue weighted by Gasteiger charge is 2.41. The van der Waals surface area contributed by atoms with Gasteiger partial charge in [-0.1, -0.05) is 25.7 Å². The Hall–Kier alpha value is -1.58. The van der Waals surface area contributed by atoms with E-state index >= 15 is 0 Å². The minimum Gasteiger partial charge on any atom is -0.351 e. The van der Waals surface area contributed by atoms with Crippen molar-refractivity contribution in [1.82, 2.24) is 20.0 Å². The van der Waals surface area contributed by atoms with Gasteiger partial charge in [0.25, 0.3) is 20.2 Å². The predicted molar refractivity (Wildman–Crippen MR) is 199 cm³/mol. The molecule has 4 fully saturated rings. The topological polar surface area (TPSA) is 207 Å². The van der Waals surface area contributed by atoms with Crippen LogP contribution in [0.15, 0.2) is 16.4 Å². The van der Waals surface area contributed by atoms with Gasteiger partial charge in [0.2, 0.25) is 5.91 Å². The first kappa shape index (κ1) is 41.6. The van der Waals surface area contributed by atoms with Crippen molar-refractivity contribution in [3.63, 3.8) is 0 Å². The monoisotopic (exact) mass is 825 g/mol. The molecule has 292 valence electrons. The minimum atomic E-state index is -4.29. The van der Waals surface area contributed by atoms with Crippen molar-refractivity contribution in [2.24, 2.45) is 16.1 Å². The Morgan fingerprint density at radius 1 is 0.942 bits per heavy atom. The molecule has 52 heavy (non-hydrogen) atoms. The van der Waals surface area contributed by atoms with Crippen LogP contribution in [0.2, 0.25) is 0 Å². The smallest absolute Gasteiger partial charge is 0.267 e. The SMILES string of the molecule is N#Cc1cnn(C2C(Cl)CC(Cl)CC2Cl)c1N=NC1CCC(N(CCCCS(=O)(=O)O)C2CCCCC2)CC1NC(=O)C1CCCC(S(=O)(=O)O)C1. The van der Waals surface area contributed by atoms with E-state index < -0.39 is 60.3 Å². The molecule has 1 aromatic heterocycles. The molecule has 0 aromatic carbocycles. The van der Waals surface area contributed by atoms with Gasteiger partial charge >= 0.3 is 0 Å². The summed E-state index contributed by atoms with van der Waals surface area (Å²) in [6.07, 6.45) is 11.8. The lowest BCUT2D eigenvalue weighted by atomic mass is 9.82. The van der Waals surface area contributed by atoms with Crippen LogP contribution in [0.1, 0.15) is 114 Å². The molecule has 4 aliphatic rings. The van der Waals surface area contributed by atoms with Crippen molar-refractivity contribution in [2.45, 2.75) is 154 Å². The number of carbonyl (C=O) groups excluding carboxylic acids is 1. The summed E-state index contributed by atoms with van der Waals surface area (Å²) in [5.41, 5.74) is 0.200. The van der Waals surface area contributed by atoms with Gasteiger partial charge in [0.05, 0.1) is 46.1 Å². The van der Waals surface area contributed by atoms with E-state index in [0.717, 1.165) is 38.5 Å². The Kier molecular flexibility index (Phi) is 14.7. The first-order valence-electron chi connectivity index (χ1n) is 18.4. The molecule has 1 heterocycles. The minimum absolute atomic E-state index is 0.0312. The van der Waals surface area contributed by atoms with E-state index in [-0.39, 0.29) is 40.9 Å². The van der Waals surface area contributed by atoms with Gasteiger partial charge in [-0.05, 0) is 83.6 Å². The lowest BCUT2D eigenvalue weighted by molar-refractivity contribution is -0.127. The summed E-state index contributed by atoms with van der Waals surface area (Å²) in [6, 6.07) is 1.02. The fraction of sp³-hybridized carbons (Fsp3) is 0.848. The summed E-state index contributed by atoms with van der Waals surface area (Å²) < 4.78 is 67.3. The normalized spacial score (nSPS) is 32.5. The zero-order valence-corrected chi connectivity index (χ0v) is 33.0. The number of hydrogen-bond donors (Lipinski definition) is 3. The zero-order valence-electron chi connectivity index (χ0n) is 29.1. The maximum atomic E-state index is 13.8. The Morgan fingerprint density at radius 2 is 1.65 bits per heavy atom. The summed E-state index contributed by atoms with van der Waals surface area (Å²) >= 11 is 19.8. The number of aromatic nitrogens is 2. The molecule has 0 radical (unpaired) electrons. The highest BCUT2D eigenvalue weighted by molar-refractivity contribution is 7.86. The van der Waals surface area contributed by atoms with Crippen LogP contribution in [0, 0.1) is 17.2 Å². The number of nitriles is 1. The van der Waals surface area contributed by atoms with Crippen molar-refractivity contribution in [3.05, 3.63) is 11.8 Å². The van der Waals surface area contributed by atoms with E-state index in [0.29, 0.717) is 70.4 Å². The van der Waals surface area contributed by atoms with E-state index in [9.17, 15) is 36.0 Å². The number of rotatable bonds is 13. The van der Waals surface area contributed by atoms with Crippen molar-refractivity contribution < 1.29 is 30.7 Å². The van der Waals surface area contributed by atoms with Crippen LogP contribution >= 0.6 is 34.8 Å². The van der Waals surface area contributed by atoms with E-state index in [4.69, 9.17) is 39.9 Å². The molecule has 7 atom stereocenters. The number of hydrogen-bond acceptors (Lipinski definition) is 10. The first-order chi connectivity index (χ1) is 24.6. The Bertz CT molecular complexity index is 1660. The molecule has 4 aliphatic carbocycles. The summed E-state index contributed by atoms with van der Waals surface area (Å²) in [4.78, 5) is 16.3. The molecule has 5 rings (SSSR count). The summed E-state index contributed by atoms with van der Waals surface area (Å²) in [5, 5.41) is 24.8. The van der Waals surface area contributed by atoms with Gasteiger partial charge in [-0.3, -0.25) is 18.8 Å². The molecule has 4 saturated carbocycles. The molecule has 19 heteroatoms. The molecular weight excluding hydrogens is 777 g/mol. The second-order valence-corrected chi connectivity index (χ2v) is 19.9. The zero-order chi connectivity index (χ0) is 37.6. The number of nitrogens with zero attached hydrogens (tertiary/aromatic N) is 6. The molecule has 0 aliphatic heterocycles. The molecule has 0 bridgehead atoms. The van der Waals surface area contributed by atoms with Gasteiger partial charge in [-0.2, -0.15) is 32.3 Å². The average Bonchev–Trinajstić information content (AvgIpc) is 3.49. The van der Waals surface area contributed by atoms with Gasteiger partial charge < -0.3 is 5.32 Å². The van der Waals surface area contributed by atoms with Crippen LogP contribution in [0.5, 0.6) is 0 Å². The molecule has 0 saturated heterocycles. The van der Waals surface area contributed by atoms with E-state index in [2.05, 4.69) is 26.5 Å². The van der Waals surface area contributed by atoms with E-state index in [1.54, 1.807) is 4.68 Å². The third-order valence-corrected chi connectivity index (χ3v) is 14.6. The second kappa shape index (κ2) is 18.4. The number of azo groups is 1. The van der Waals surface area contributed by atoms with Gasteiger partial charge in [-0.15, -0.1) is 39.9 Å². The highest BCUT2D eigenvalue weighted by Crippen LogP contribution is 2.41. The van der Waals surface area contributed by atoms with E-state index in [1.165, 1.54) is 6.20 Å². The van der Waals surface area contributed by atoms with Crippen LogP contribution in [0.3, 0.4) is 0 Å². The summed E-state index contributed by atoms with van der Waals surface area (Å²) in [6.45, 7) is 0.644. The van der Waals surface area contributed by atoms with Crippen LogP contribution in [0.4, 0.5) is 5.82 Å². The third-order valence-electron chi connectivity index (χ3n) is 11.3. The molecule has 14 nitrogen and oxygen atoms in total. The van der Waals surface area contributed by atoms with Gasteiger partial charge in [0, 0.05) is 23.4 Å². The predicted octanol–water partition coefficient (Wildman–Crippen LogP) is 6.15. The molecule has 0 spiro atoms. The number of nitrogens with one attached hydrogen (secondary N) is 1. The third kappa shape index (κ3) is 11.0. The lowest BCUT2D eigenvalue weighted by Crippen LogP contribution is -2.55. The van der Waals surface area contributed by atoms with Crippen molar-refractivity contribution in [2.75, 3.05) is 12.3 Å². The molecule has 3 N–H and O–H groups in total. The maximum Gasteiger partial charge on any atom is 0.267 e. The number of alkyl halides is 3. The van der Waals surface area contributed by atoms with E-state index in [1.807, 2.05) is 0 Å². The molecular formula is C33H50Cl3N7O7S2. The molecule has 7 unspecified atom stereocenters. The van der Waals surface area contributed by atoms with Crippen LogP contribution < -0.4 is 5.32 Å². The highest BCUT2D eigenvalue weighted by atomic mass is 35.5. The summed E-state index contributed by atoms with van der Waals surface area (Å²) in [5.74, 6) is -0.979. The lowest BCUT2D eigenvalue weighted by Gasteiger charge is -2.45. The number of unbranched alkanes of at least 4 members (excludes halogenated alkanes) is 1. The standard InChI is InChI=1S/C33H50Cl3N7O7S2/c34-23-16-27(35)31(28(36)17-23)43-32(22(19-37)20-38-43)41-40-29-12-11-25(42(24-8-2-1-3-9-24)13-4-5-14-51(45,46)47)18-30(29)39-33(44)21-7-6-10-26(15-21)52(48,49)50/h20-21,23-31H,1-18H2,(H,39,44)(H,45,46,47)(H,48,49,50). The Labute approximate surface area is 321 Å². The van der Waals surface area contributed by atoms with Crippen LogP contribution in [0.25, 0.3) is 0 Å². The number of halogens is 3. The van der Waals surface area contributed by atoms with Gasteiger partial charge in [0.1, 0.15) is 11.6 Å². The summed E-state index contributed by atoms with van der Waals surface area (Å²) in [7, 11) is -8.35. The Balaban J connectivity index is 1.40. The fourth-order valence-electron chi connectivity index (χ4n) is 8.61. The van der Waals surface area contributed by atoms with Gasteiger partial charge in [0.15, 0.2) is 5.82 Å². The Morgan fingerprint density at radius 3 is 2.31 bits per heavy atom. The van der Waals surface area contributed by atoms with Crippen molar-refractivity contribution in [1.29, 1.82) is 5.26 Å². The molecule has 1 amide bonds. The quantitative estimate of drug-likeness (QED) is 0.0895.